The van der Waals surface area contributed by atoms with E-state index in [4.69, 9.17) is 4.74 Å². The van der Waals surface area contributed by atoms with Gasteiger partial charge < -0.3 is 9.30 Å². The van der Waals surface area contributed by atoms with Gasteiger partial charge in [0, 0.05) is 19.2 Å². The molecule has 0 spiro atoms. The monoisotopic (exact) mass is 381 g/mol. The fourth-order valence-corrected chi connectivity index (χ4v) is 2.50. The van der Waals surface area contributed by atoms with Gasteiger partial charge in [-0.1, -0.05) is 12.1 Å². The summed E-state index contributed by atoms with van der Waals surface area (Å²) in [5.41, 5.74) is 2.98. The lowest BCUT2D eigenvalue weighted by atomic mass is 10.2. The Kier molecular flexibility index (Phi) is 5.12. The molecule has 0 unspecified atom stereocenters. The third-order valence-corrected chi connectivity index (χ3v) is 3.96. The molecule has 10 heteroatoms. The van der Waals surface area contributed by atoms with Crippen molar-refractivity contribution < 1.29 is 14.5 Å². The molecule has 0 aliphatic heterocycles. The summed E-state index contributed by atoms with van der Waals surface area (Å²) in [4.78, 5) is 39.3. The molecule has 3 rings (SSSR count). The van der Waals surface area contributed by atoms with Crippen molar-refractivity contribution in [2.24, 2.45) is 12.1 Å². The first-order chi connectivity index (χ1) is 13.4. The number of hydrazone groups is 1. The van der Waals surface area contributed by atoms with Gasteiger partial charge in [0.1, 0.15) is 0 Å². The number of carbonyl (C=O) groups excluding carboxylic acids is 1. The number of aryl methyl sites for hydroxylation is 1. The summed E-state index contributed by atoms with van der Waals surface area (Å²) >= 11 is 0. The molecule has 2 aromatic carbocycles. The van der Waals surface area contributed by atoms with Crippen LogP contribution in [0.1, 0.15) is 5.69 Å². The SMILES string of the molecule is COC(=O)/C(=N\Nc1ccc([N+](=O)[O-])cc1)c1nc2ccccc2n(C)c1=O. The van der Waals surface area contributed by atoms with Crippen LogP contribution in [0.3, 0.4) is 0 Å². The number of nitro benzene ring substituents is 1. The maximum atomic E-state index is 12.7. The molecule has 0 radical (unpaired) electrons. The molecule has 0 fully saturated rings. The van der Waals surface area contributed by atoms with Crippen molar-refractivity contribution in [3.05, 3.63) is 74.7 Å². The summed E-state index contributed by atoms with van der Waals surface area (Å²) in [6.07, 6.45) is 0. The first kappa shape index (κ1) is 18.7. The van der Waals surface area contributed by atoms with E-state index >= 15 is 0 Å². The van der Waals surface area contributed by atoms with Crippen LogP contribution < -0.4 is 11.0 Å². The van der Waals surface area contributed by atoms with E-state index in [-0.39, 0.29) is 17.1 Å². The van der Waals surface area contributed by atoms with Gasteiger partial charge >= 0.3 is 5.97 Å². The van der Waals surface area contributed by atoms with E-state index in [1.165, 1.54) is 28.8 Å². The first-order valence-corrected chi connectivity index (χ1v) is 8.05. The maximum absolute atomic E-state index is 12.7. The highest BCUT2D eigenvalue weighted by Crippen LogP contribution is 2.16. The van der Waals surface area contributed by atoms with E-state index < -0.39 is 16.5 Å². The molecule has 142 valence electrons. The Morgan fingerprint density at radius 2 is 1.89 bits per heavy atom. The highest BCUT2D eigenvalue weighted by Gasteiger charge is 2.22. The molecule has 1 aromatic heterocycles. The molecule has 0 amide bonds. The van der Waals surface area contributed by atoms with Gasteiger partial charge in [-0.05, 0) is 24.3 Å². The third kappa shape index (κ3) is 3.56. The zero-order chi connectivity index (χ0) is 20.3. The molecule has 28 heavy (non-hydrogen) atoms. The Hall–Kier alpha value is -4.08. The number of ether oxygens (including phenoxy) is 1. The molecule has 10 nitrogen and oxygen atoms in total. The van der Waals surface area contributed by atoms with E-state index in [9.17, 15) is 19.7 Å². The zero-order valence-electron chi connectivity index (χ0n) is 14.9. The Balaban J connectivity index is 2.05. The molecular formula is C18H15N5O5. The quantitative estimate of drug-likeness (QED) is 0.309. The number of nitro groups is 1. The predicted octanol–water partition coefficient (Wildman–Crippen LogP) is 1.83. The van der Waals surface area contributed by atoms with Gasteiger partial charge in [0.15, 0.2) is 11.4 Å². The van der Waals surface area contributed by atoms with E-state index in [1.807, 2.05) is 0 Å². The van der Waals surface area contributed by atoms with Crippen LogP contribution in [0.2, 0.25) is 0 Å². The van der Waals surface area contributed by atoms with Crippen LogP contribution in [0.15, 0.2) is 58.4 Å². The molecule has 3 aromatic rings. The number of anilines is 1. The minimum atomic E-state index is -0.853. The van der Waals surface area contributed by atoms with Gasteiger partial charge in [-0.25, -0.2) is 9.78 Å². The van der Waals surface area contributed by atoms with Gasteiger partial charge in [-0.15, -0.1) is 0 Å². The van der Waals surface area contributed by atoms with Crippen molar-refractivity contribution in [3.63, 3.8) is 0 Å². The molecule has 0 aliphatic carbocycles. The largest absolute Gasteiger partial charge is 0.464 e. The topological polar surface area (TPSA) is 129 Å². The molecular weight excluding hydrogens is 366 g/mol. The Morgan fingerprint density at radius 3 is 2.54 bits per heavy atom. The minimum Gasteiger partial charge on any atom is -0.464 e. The highest BCUT2D eigenvalue weighted by atomic mass is 16.6. The normalized spacial score (nSPS) is 11.3. The second-order valence-corrected chi connectivity index (χ2v) is 5.68. The molecule has 1 N–H and O–H groups in total. The number of rotatable bonds is 5. The third-order valence-electron chi connectivity index (χ3n) is 3.96. The second-order valence-electron chi connectivity index (χ2n) is 5.68. The van der Waals surface area contributed by atoms with Gasteiger partial charge in [-0.3, -0.25) is 20.3 Å². The average Bonchev–Trinajstić information content (AvgIpc) is 2.71. The van der Waals surface area contributed by atoms with Crippen LogP contribution in [0.5, 0.6) is 0 Å². The van der Waals surface area contributed by atoms with Crippen LogP contribution >= 0.6 is 0 Å². The molecule has 0 bridgehead atoms. The van der Waals surface area contributed by atoms with Crippen molar-refractivity contribution >= 4 is 34.1 Å². The minimum absolute atomic E-state index is 0.0900. The summed E-state index contributed by atoms with van der Waals surface area (Å²) in [6, 6.07) is 12.4. The number of esters is 1. The van der Waals surface area contributed by atoms with Crippen molar-refractivity contribution in [2.75, 3.05) is 12.5 Å². The Labute approximate surface area is 158 Å². The number of aromatic nitrogens is 2. The predicted molar refractivity (Wildman–Crippen MR) is 102 cm³/mol. The Bertz CT molecular complexity index is 1150. The summed E-state index contributed by atoms with van der Waals surface area (Å²) in [5, 5.41) is 14.7. The molecule has 0 aliphatic rings. The summed E-state index contributed by atoms with van der Waals surface area (Å²) in [5.74, 6) is -0.853. The second kappa shape index (κ2) is 7.66. The van der Waals surface area contributed by atoms with Crippen molar-refractivity contribution in [3.8, 4) is 0 Å². The lowest BCUT2D eigenvalue weighted by Crippen LogP contribution is -2.32. The van der Waals surface area contributed by atoms with Crippen LogP contribution in [0, 0.1) is 10.1 Å². The Morgan fingerprint density at radius 1 is 1.21 bits per heavy atom. The first-order valence-electron chi connectivity index (χ1n) is 8.05. The zero-order valence-corrected chi connectivity index (χ0v) is 14.9. The van der Waals surface area contributed by atoms with Gasteiger partial charge in [0.05, 0.1) is 28.8 Å². The summed E-state index contributed by atoms with van der Waals surface area (Å²) in [7, 11) is 2.73. The van der Waals surface area contributed by atoms with Gasteiger partial charge in [0.25, 0.3) is 11.2 Å². The number of hydrogen-bond donors (Lipinski definition) is 1. The van der Waals surface area contributed by atoms with Crippen LogP contribution in [0.25, 0.3) is 11.0 Å². The number of methoxy groups -OCH3 is 1. The highest BCUT2D eigenvalue weighted by molar-refractivity contribution is 6.42. The van der Waals surface area contributed by atoms with Crippen LogP contribution in [0.4, 0.5) is 11.4 Å². The molecule has 0 saturated carbocycles. The number of fused-ring (bicyclic) bond motifs is 1. The molecule has 1 heterocycles. The lowest BCUT2D eigenvalue weighted by Gasteiger charge is -2.09. The number of benzene rings is 2. The van der Waals surface area contributed by atoms with Crippen LogP contribution in [-0.4, -0.2) is 33.3 Å². The van der Waals surface area contributed by atoms with E-state index in [0.29, 0.717) is 16.7 Å². The van der Waals surface area contributed by atoms with Gasteiger partial charge in [-0.2, -0.15) is 5.10 Å². The van der Waals surface area contributed by atoms with E-state index in [2.05, 4.69) is 15.5 Å². The van der Waals surface area contributed by atoms with Crippen LogP contribution in [-0.2, 0) is 16.6 Å². The number of nitrogens with zero attached hydrogens (tertiary/aromatic N) is 4. The maximum Gasteiger partial charge on any atom is 0.360 e. The van der Waals surface area contributed by atoms with Crippen molar-refractivity contribution in [1.82, 2.24) is 9.55 Å². The standard InChI is InChI=1S/C18H15N5O5/c1-22-14-6-4-3-5-13(14)19-15(17(22)24)16(18(25)28-2)21-20-11-7-9-12(10-8-11)23(26)27/h3-10,20H,1-2H3/b21-16-. The summed E-state index contributed by atoms with van der Waals surface area (Å²) < 4.78 is 6.09. The van der Waals surface area contributed by atoms with E-state index in [0.717, 1.165) is 7.11 Å². The fraction of sp³-hybridized carbons (Fsp3) is 0.111. The number of hydrogen-bond acceptors (Lipinski definition) is 8. The average molecular weight is 381 g/mol. The smallest absolute Gasteiger partial charge is 0.360 e. The van der Waals surface area contributed by atoms with Crippen molar-refractivity contribution in [1.29, 1.82) is 0 Å². The number of para-hydroxylation sites is 2. The fourth-order valence-electron chi connectivity index (χ4n) is 2.50. The summed E-state index contributed by atoms with van der Waals surface area (Å²) in [6.45, 7) is 0. The molecule has 0 atom stereocenters. The number of nitrogens with one attached hydrogen (secondary N) is 1. The van der Waals surface area contributed by atoms with E-state index in [1.54, 1.807) is 31.3 Å². The lowest BCUT2D eigenvalue weighted by molar-refractivity contribution is -0.384. The number of non-ortho nitro benzene ring substituents is 1. The number of carbonyl (C=O) groups is 1. The van der Waals surface area contributed by atoms with Gasteiger partial charge in [0.2, 0.25) is 0 Å². The van der Waals surface area contributed by atoms with Crippen molar-refractivity contribution in [2.45, 2.75) is 0 Å². The molecule has 0 saturated heterocycles.